The normalized spacial score (nSPS) is 12.2. The maximum Gasteiger partial charge on any atom is 0.0304 e. The molecule has 106 valence electrons. The molecule has 1 atom stereocenters. The SMILES string of the molecule is NNC(CCCc1ccccc1)CSc1ccccc1. The molecule has 3 heteroatoms. The maximum absolute atomic E-state index is 5.65. The summed E-state index contributed by atoms with van der Waals surface area (Å²) in [4.78, 5) is 1.30. The Morgan fingerprint density at radius 2 is 1.60 bits per heavy atom. The van der Waals surface area contributed by atoms with Crippen LogP contribution in [-0.2, 0) is 6.42 Å². The summed E-state index contributed by atoms with van der Waals surface area (Å²) in [5.41, 5.74) is 4.34. The van der Waals surface area contributed by atoms with Crippen molar-refractivity contribution in [2.24, 2.45) is 5.84 Å². The van der Waals surface area contributed by atoms with Crippen LogP contribution in [0.25, 0.3) is 0 Å². The highest BCUT2D eigenvalue weighted by molar-refractivity contribution is 7.99. The molecular weight excluding hydrogens is 264 g/mol. The van der Waals surface area contributed by atoms with E-state index in [0.717, 1.165) is 25.0 Å². The van der Waals surface area contributed by atoms with Crippen LogP contribution in [0.1, 0.15) is 18.4 Å². The topological polar surface area (TPSA) is 38.0 Å². The van der Waals surface area contributed by atoms with Crippen molar-refractivity contribution in [2.45, 2.75) is 30.2 Å². The lowest BCUT2D eigenvalue weighted by atomic mass is 10.1. The average Bonchev–Trinajstić information content (AvgIpc) is 2.52. The van der Waals surface area contributed by atoms with Gasteiger partial charge in [0.15, 0.2) is 0 Å². The summed E-state index contributed by atoms with van der Waals surface area (Å²) in [7, 11) is 0. The molecule has 0 aromatic heterocycles. The molecule has 0 bridgehead atoms. The maximum atomic E-state index is 5.65. The van der Waals surface area contributed by atoms with Crippen molar-refractivity contribution in [3.8, 4) is 0 Å². The molecule has 2 aromatic rings. The van der Waals surface area contributed by atoms with E-state index in [-0.39, 0.29) is 0 Å². The Hall–Kier alpha value is -1.29. The van der Waals surface area contributed by atoms with E-state index in [9.17, 15) is 0 Å². The molecule has 20 heavy (non-hydrogen) atoms. The second-order valence-electron chi connectivity index (χ2n) is 4.87. The molecule has 0 aliphatic heterocycles. The molecule has 2 aromatic carbocycles. The zero-order chi connectivity index (χ0) is 14.0. The number of hydrazine groups is 1. The summed E-state index contributed by atoms with van der Waals surface area (Å²) in [5, 5.41) is 0. The summed E-state index contributed by atoms with van der Waals surface area (Å²) in [6.45, 7) is 0. The first-order valence-corrected chi connectivity index (χ1v) is 8.05. The highest BCUT2D eigenvalue weighted by Crippen LogP contribution is 2.19. The first-order chi connectivity index (χ1) is 9.88. The van der Waals surface area contributed by atoms with Crippen molar-refractivity contribution >= 4 is 11.8 Å². The van der Waals surface area contributed by atoms with Gasteiger partial charge in [-0.3, -0.25) is 11.3 Å². The Morgan fingerprint density at radius 3 is 2.25 bits per heavy atom. The van der Waals surface area contributed by atoms with Gasteiger partial charge in [-0.2, -0.15) is 0 Å². The van der Waals surface area contributed by atoms with Crippen LogP contribution < -0.4 is 11.3 Å². The average molecular weight is 286 g/mol. The predicted octanol–water partition coefficient (Wildman–Crippen LogP) is 3.63. The molecule has 3 N–H and O–H groups in total. The van der Waals surface area contributed by atoms with Gasteiger partial charge in [0, 0.05) is 16.7 Å². The molecule has 0 saturated heterocycles. The van der Waals surface area contributed by atoms with Crippen LogP contribution in [0.4, 0.5) is 0 Å². The first kappa shape index (κ1) is 15.1. The summed E-state index contributed by atoms with van der Waals surface area (Å²) in [6.07, 6.45) is 3.38. The molecule has 0 aliphatic rings. The molecule has 0 fully saturated rings. The highest BCUT2D eigenvalue weighted by Gasteiger charge is 2.07. The van der Waals surface area contributed by atoms with Gasteiger partial charge in [-0.1, -0.05) is 48.5 Å². The van der Waals surface area contributed by atoms with Crippen LogP contribution in [0.2, 0.25) is 0 Å². The minimum atomic E-state index is 0.365. The van der Waals surface area contributed by atoms with Crippen LogP contribution in [0, 0.1) is 0 Å². The predicted molar refractivity (Wildman–Crippen MR) is 87.7 cm³/mol. The number of benzene rings is 2. The Bertz CT molecular complexity index is 473. The molecule has 0 aliphatic carbocycles. The summed E-state index contributed by atoms with van der Waals surface area (Å²) < 4.78 is 0. The van der Waals surface area contributed by atoms with E-state index in [1.54, 1.807) is 0 Å². The number of hydrogen-bond acceptors (Lipinski definition) is 3. The first-order valence-electron chi connectivity index (χ1n) is 7.06. The lowest BCUT2D eigenvalue weighted by molar-refractivity contribution is 0.520. The van der Waals surface area contributed by atoms with Crippen LogP contribution in [0.15, 0.2) is 65.6 Å². The third-order valence-corrected chi connectivity index (χ3v) is 4.47. The lowest BCUT2D eigenvalue weighted by Crippen LogP contribution is -2.37. The van der Waals surface area contributed by atoms with Crippen molar-refractivity contribution in [1.29, 1.82) is 0 Å². The van der Waals surface area contributed by atoms with Gasteiger partial charge in [-0.15, -0.1) is 11.8 Å². The third kappa shape index (κ3) is 5.37. The van der Waals surface area contributed by atoms with Gasteiger partial charge in [-0.05, 0) is 37.0 Å². The molecular formula is C17H22N2S. The second kappa shape index (κ2) is 8.80. The van der Waals surface area contributed by atoms with Crippen molar-refractivity contribution in [3.05, 3.63) is 66.2 Å². The van der Waals surface area contributed by atoms with E-state index in [2.05, 4.69) is 60.0 Å². The largest absolute Gasteiger partial charge is 0.271 e. The monoisotopic (exact) mass is 286 g/mol. The zero-order valence-corrected chi connectivity index (χ0v) is 12.5. The van der Waals surface area contributed by atoms with Gasteiger partial charge >= 0.3 is 0 Å². The molecule has 2 nitrogen and oxygen atoms in total. The number of nitrogens with one attached hydrogen (secondary N) is 1. The minimum absolute atomic E-state index is 0.365. The van der Waals surface area contributed by atoms with E-state index in [1.807, 2.05) is 17.8 Å². The molecule has 0 heterocycles. The summed E-state index contributed by atoms with van der Waals surface area (Å²) >= 11 is 1.86. The minimum Gasteiger partial charge on any atom is -0.271 e. The Balaban J connectivity index is 1.70. The van der Waals surface area contributed by atoms with Crippen LogP contribution in [0.3, 0.4) is 0 Å². The fourth-order valence-corrected chi connectivity index (χ4v) is 3.13. The van der Waals surface area contributed by atoms with E-state index < -0.39 is 0 Å². The van der Waals surface area contributed by atoms with E-state index in [4.69, 9.17) is 5.84 Å². The van der Waals surface area contributed by atoms with E-state index >= 15 is 0 Å². The van der Waals surface area contributed by atoms with Gasteiger partial charge in [0.05, 0.1) is 0 Å². The van der Waals surface area contributed by atoms with Crippen molar-refractivity contribution in [2.75, 3.05) is 5.75 Å². The Morgan fingerprint density at radius 1 is 0.950 bits per heavy atom. The van der Waals surface area contributed by atoms with Crippen molar-refractivity contribution in [1.82, 2.24) is 5.43 Å². The van der Waals surface area contributed by atoms with Gasteiger partial charge in [0.2, 0.25) is 0 Å². The molecule has 1 unspecified atom stereocenters. The van der Waals surface area contributed by atoms with Crippen LogP contribution in [0.5, 0.6) is 0 Å². The van der Waals surface area contributed by atoms with E-state index in [1.165, 1.54) is 10.5 Å². The fraction of sp³-hybridized carbons (Fsp3) is 0.294. The van der Waals surface area contributed by atoms with Gasteiger partial charge in [0.25, 0.3) is 0 Å². The van der Waals surface area contributed by atoms with Crippen LogP contribution >= 0.6 is 11.8 Å². The molecule has 2 rings (SSSR count). The molecule has 0 saturated carbocycles. The summed E-state index contributed by atoms with van der Waals surface area (Å²) in [5.74, 6) is 6.66. The fourth-order valence-electron chi connectivity index (χ4n) is 2.13. The second-order valence-corrected chi connectivity index (χ2v) is 5.96. The van der Waals surface area contributed by atoms with E-state index in [0.29, 0.717) is 6.04 Å². The Labute approximate surface area is 125 Å². The van der Waals surface area contributed by atoms with Gasteiger partial charge in [0.1, 0.15) is 0 Å². The molecule has 0 spiro atoms. The number of rotatable bonds is 8. The highest BCUT2D eigenvalue weighted by atomic mass is 32.2. The smallest absolute Gasteiger partial charge is 0.0304 e. The number of hydrogen-bond donors (Lipinski definition) is 2. The molecule has 0 radical (unpaired) electrons. The van der Waals surface area contributed by atoms with Crippen molar-refractivity contribution < 1.29 is 0 Å². The lowest BCUT2D eigenvalue weighted by Gasteiger charge is -2.15. The number of nitrogens with two attached hydrogens (primary N) is 1. The van der Waals surface area contributed by atoms with Crippen molar-refractivity contribution in [3.63, 3.8) is 0 Å². The van der Waals surface area contributed by atoms with Gasteiger partial charge < -0.3 is 0 Å². The quantitative estimate of drug-likeness (QED) is 0.442. The standard InChI is InChI=1S/C17H22N2S/c18-19-16(14-20-17-12-5-2-6-13-17)11-7-10-15-8-3-1-4-9-15/h1-6,8-9,12-13,16,19H,7,10-11,14,18H2. The van der Waals surface area contributed by atoms with Crippen LogP contribution in [-0.4, -0.2) is 11.8 Å². The number of thioether (sulfide) groups is 1. The number of aryl methyl sites for hydroxylation is 1. The molecule has 0 amide bonds. The Kier molecular flexibility index (Phi) is 6.64. The third-order valence-electron chi connectivity index (χ3n) is 3.29. The summed E-state index contributed by atoms with van der Waals surface area (Å²) in [6, 6.07) is 21.5. The zero-order valence-electron chi connectivity index (χ0n) is 11.7. The van der Waals surface area contributed by atoms with Gasteiger partial charge in [-0.25, -0.2) is 0 Å².